The quantitative estimate of drug-likeness (QED) is 0.408. The minimum Gasteiger partial charge on any atom is -0.489 e. The highest BCUT2D eigenvalue weighted by molar-refractivity contribution is 7.90. The molecule has 4 rings (SSSR count). The minimum atomic E-state index is -3.76. The van der Waals surface area contributed by atoms with Crippen molar-refractivity contribution in [3.8, 4) is 17.1 Å². The first-order chi connectivity index (χ1) is 14.4. The van der Waals surface area contributed by atoms with E-state index in [-0.39, 0.29) is 4.90 Å². The van der Waals surface area contributed by atoms with Crippen molar-refractivity contribution in [3.05, 3.63) is 101 Å². The summed E-state index contributed by atoms with van der Waals surface area (Å²) in [4.78, 5) is 4.49. The number of aromatic nitrogens is 2. The smallest absolute Gasteiger partial charge is 0.269 e. The fraction of sp³-hybridized carbons (Fsp3) is 0.0870. The van der Waals surface area contributed by atoms with Crippen LogP contribution in [-0.4, -0.2) is 17.4 Å². The zero-order chi connectivity index (χ0) is 21.1. The van der Waals surface area contributed by atoms with Crippen molar-refractivity contribution in [1.82, 2.24) is 8.96 Å². The Balaban J connectivity index is 1.61. The van der Waals surface area contributed by atoms with Gasteiger partial charge in [0.05, 0.1) is 4.90 Å². The van der Waals surface area contributed by atoms with Crippen LogP contribution in [0.3, 0.4) is 0 Å². The predicted octanol–water partition coefficient (Wildman–Crippen LogP) is 5.33. The molecule has 30 heavy (non-hydrogen) atoms. The van der Waals surface area contributed by atoms with Gasteiger partial charge in [0.1, 0.15) is 12.4 Å². The second-order valence-electron chi connectivity index (χ2n) is 6.81. The molecule has 0 aliphatic carbocycles. The van der Waals surface area contributed by atoms with E-state index in [2.05, 4.69) is 4.98 Å². The first-order valence-electron chi connectivity index (χ1n) is 9.27. The maximum absolute atomic E-state index is 13.1. The molecule has 0 radical (unpaired) electrons. The average Bonchev–Trinajstić information content (AvgIpc) is 3.25. The summed E-state index contributed by atoms with van der Waals surface area (Å²) in [5, 5.41) is 0.669. The van der Waals surface area contributed by atoms with Gasteiger partial charge >= 0.3 is 0 Å². The lowest BCUT2D eigenvalue weighted by Crippen LogP contribution is -2.13. The molecule has 0 aliphatic rings. The van der Waals surface area contributed by atoms with E-state index in [1.165, 1.54) is 16.4 Å². The van der Waals surface area contributed by atoms with Gasteiger partial charge in [0.15, 0.2) is 5.82 Å². The van der Waals surface area contributed by atoms with Crippen LogP contribution in [0.5, 0.6) is 5.75 Å². The average molecular weight is 439 g/mol. The summed E-state index contributed by atoms with van der Waals surface area (Å²) in [6.45, 7) is 2.28. The Hall–Kier alpha value is -3.09. The van der Waals surface area contributed by atoms with Gasteiger partial charge < -0.3 is 4.74 Å². The normalized spacial score (nSPS) is 11.4. The predicted molar refractivity (Wildman–Crippen MR) is 117 cm³/mol. The fourth-order valence-corrected chi connectivity index (χ4v) is 4.41. The molecule has 0 saturated carbocycles. The summed E-state index contributed by atoms with van der Waals surface area (Å²) in [6, 6.07) is 21.4. The number of hydrogen-bond donors (Lipinski definition) is 0. The van der Waals surface area contributed by atoms with Gasteiger partial charge in [-0.3, -0.25) is 0 Å². The van der Waals surface area contributed by atoms with Crippen molar-refractivity contribution in [3.63, 3.8) is 0 Å². The SMILES string of the molecule is Cc1ccc(S(=O)(=O)n2ccnc2-c2cccc(OCc3ccc(Cl)cc3)c2)cc1. The number of ether oxygens (including phenoxy) is 1. The molecule has 3 aromatic carbocycles. The summed E-state index contributed by atoms with van der Waals surface area (Å²) in [6.07, 6.45) is 2.92. The van der Waals surface area contributed by atoms with Gasteiger partial charge in [-0.25, -0.2) is 17.4 Å². The number of rotatable bonds is 6. The molecule has 4 aromatic rings. The van der Waals surface area contributed by atoms with E-state index in [1.54, 1.807) is 36.4 Å². The largest absolute Gasteiger partial charge is 0.489 e. The van der Waals surface area contributed by atoms with Gasteiger partial charge in [-0.2, -0.15) is 0 Å². The molecule has 0 fully saturated rings. The van der Waals surface area contributed by atoms with Gasteiger partial charge in [-0.1, -0.05) is 53.6 Å². The molecular weight excluding hydrogens is 420 g/mol. The molecule has 0 spiro atoms. The highest BCUT2D eigenvalue weighted by Gasteiger charge is 2.21. The highest BCUT2D eigenvalue weighted by atomic mass is 35.5. The van der Waals surface area contributed by atoms with Gasteiger partial charge in [-0.05, 0) is 48.9 Å². The second-order valence-corrected chi connectivity index (χ2v) is 9.06. The highest BCUT2D eigenvalue weighted by Crippen LogP contribution is 2.26. The molecule has 0 atom stereocenters. The van der Waals surface area contributed by atoms with E-state index in [0.29, 0.717) is 28.8 Å². The lowest BCUT2D eigenvalue weighted by molar-refractivity contribution is 0.306. The second kappa shape index (κ2) is 8.34. The lowest BCUT2D eigenvalue weighted by atomic mass is 10.2. The van der Waals surface area contributed by atoms with Crippen molar-refractivity contribution in [2.75, 3.05) is 0 Å². The van der Waals surface area contributed by atoms with E-state index in [1.807, 2.05) is 43.3 Å². The third-order valence-corrected chi connectivity index (χ3v) is 6.53. The van der Waals surface area contributed by atoms with Crippen molar-refractivity contribution < 1.29 is 13.2 Å². The van der Waals surface area contributed by atoms with Crippen LogP contribution in [0.2, 0.25) is 5.02 Å². The van der Waals surface area contributed by atoms with Crippen LogP contribution in [0, 0.1) is 6.92 Å². The first-order valence-corrected chi connectivity index (χ1v) is 11.1. The van der Waals surface area contributed by atoms with E-state index >= 15 is 0 Å². The summed E-state index contributed by atoms with van der Waals surface area (Å²) in [5.41, 5.74) is 2.61. The number of imidazole rings is 1. The van der Waals surface area contributed by atoms with E-state index in [4.69, 9.17) is 16.3 Å². The third kappa shape index (κ3) is 4.25. The molecular formula is C23H19ClN2O3S. The Morgan fingerprint density at radius 2 is 1.73 bits per heavy atom. The zero-order valence-electron chi connectivity index (χ0n) is 16.2. The molecule has 152 valence electrons. The van der Waals surface area contributed by atoms with Crippen molar-refractivity contribution in [1.29, 1.82) is 0 Å². The van der Waals surface area contributed by atoms with Gasteiger partial charge in [0.2, 0.25) is 0 Å². The summed E-state index contributed by atoms with van der Waals surface area (Å²) in [5.74, 6) is 0.942. The van der Waals surface area contributed by atoms with E-state index in [0.717, 1.165) is 11.1 Å². The van der Waals surface area contributed by atoms with Crippen LogP contribution in [0.25, 0.3) is 11.4 Å². The lowest BCUT2D eigenvalue weighted by Gasteiger charge is -2.11. The Labute approximate surface area is 180 Å². The number of aryl methyl sites for hydroxylation is 1. The Bertz CT molecular complexity index is 1260. The summed E-state index contributed by atoms with van der Waals surface area (Å²) in [7, 11) is -3.76. The molecule has 0 bridgehead atoms. The van der Waals surface area contributed by atoms with Crippen LogP contribution < -0.4 is 4.74 Å². The molecule has 0 amide bonds. The molecule has 7 heteroatoms. The van der Waals surface area contributed by atoms with E-state index < -0.39 is 10.0 Å². The molecule has 1 heterocycles. The molecule has 0 N–H and O–H groups in total. The van der Waals surface area contributed by atoms with Gasteiger partial charge in [0, 0.05) is 23.0 Å². The third-order valence-electron chi connectivity index (χ3n) is 4.60. The molecule has 5 nitrogen and oxygen atoms in total. The maximum Gasteiger partial charge on any atom is 0.269 e. The Kier molecular flexibility index (Phi) is 5.61. The standard InChI is InChI=1S/C23H19ClN2O3S/c1-17-5-11-22(12-6-17)30(27,28)26-14-13-25-23(26)19-3-2-4-21(15-19)29-16-18-7-9-20(24)10-8-18/h2-15H,16H2,1H3. The van der Waals surface area contributed by atoms with Crippen molar-refractivity contribution in [2.24, 2.45) is 0 Å². The monoisotopic (exact) mass is 438 g/mol. The number of hydrogen-bond acceptors (Lipinski definition) is 4. The van der Waals surface area contributed by atoms with Gasteiger partial charge in [-0.15, -0.1) is 0 Å². The molecule has 0 unspecified atom stereocenters. The van der Waals surface area contributed by atoms with Crippen molar-refractivity contribution >= 4 is 21.6 Å². The molecule has 0 aliphatic heterocycles. The van der Waals surface area contributed by atoms with Crippen LogP contribution in [0.4, 0.5) is 0 Å². The number of nitrogens with zero attached hydrogens (tertiary/aromatic N) is 2. The zero-order valence-corrected chi connectivity index (χ0v) is 17.8. The Morgan fingerprint density at radius 1 is 1.00 bits per heavy atom. The van der Waals surface area contributed by atoms with Crippen LogP contribution >= 0.6 is 11.6 Å². The topological polar surface area (TPSA) is 61.2 Å². The van der Waals surface area contributed by atoms with Crippen LogP contribution in [-0.2, 0) is 16.6 Å². The minimum absolute atomic E-state index is 0.211. The first kappa shape index (κ1) is 20.2. The van der Waals surface area contributed by atoms with Crippen LogP contribution in [0.1, 0.15) is 11.1 Å². The number of benzene rings is 3. The molecule has 1 aromatic heterocycles. The van der Waals surface area contributed by atoms with Crippen molar-refractivity contribution in [2.45, 2.75) is 18.4 Å². The fourth-order valence-electron chi connectivity index (χ4n) is 2.98. The number of halogens is 1. The Morgan fingerprint density at radius 3 is 2.47 bits per heavy atom. The van der Waals surface area contributed by atoms with E-state index in [9.17, 15) is 8.42 Å². The summed E-state index contributed by atoms with van der Waals surface area (Å²) < 4.78 is 33.3. The maximum atomic E-state index is 13.1. The molecule has 0 saturated heterocycles. The van der Waals surface area contributed by atoms with Crippen LogP contribution in [0.15, 0.2) is 90.1 Å². The summed E-state index contributed by atoms with van der Waals surface area (Å²) >= 11 is 5.91. The van der Waals surface area contributed by atoms with Gasteiger partial charge in [0.25, 0.3) is 10.0 Å².